The number of pyridine rings is 1. The quantitative estimate of drug-likeness (QED) is 0.167. The number of amides is 1. The van der Waals surface area contributed by atoms with Crippen LogP contribution in [-0.2, 0) is 14.3 Å². The highest BCUT2D eigenvalue weighted by atomic mass is 35.5. The van der Waals surface area contributed by atoms with Gasteiger partial charge >= 0.3 is 11.9 Å². The Morgan fingerprint density at radius 3 is 2.65 bits per heavy atom. The van der Waals surface area contributed by atoms with E-state index in [1.54, 1.807) is 67.8 Å². The molecule has 1 N–H and O–H groups in total. The summed E-state index contributed by atoms with van der Waals surface area (Å²) in [7, 11) is 0. The Hall–Kier alpha value is -4.02. The van der Waals surface area contributed by atoms with E-state index in [4.69, 9.17) is 16.3 Å². The average molecular weight is 537 g/mol. The number of esters is 1. The third kappa shape index (κ3) is 4.08. The number of aliphatic hydroxyl groups is 1. The number of thiazole rings is 1. The summed E-state index contributed by atoms with van der Waals surface area (Å²) in [6.45, 7) is 5.20. The first kappa shape index (κ1) is 24.7. The number of benzene rings is 1. The van der Waals surface area contributed by atoms with E-state index < -0.39 is 23.7 Å². The second-order valence-corrected chi connectivity index (χ2v) is 9.74. The Morgan fingerprint density at radius 2 is 1.92 bits per heavy atom. The number of hydrogen-bond donors (Lipinski definition) is 1. The van der Waals surface area contributed by atoms with Crippen LogP contribution in [0.3, 0.4) is 0 Å². The minimum Gasteiger partial charge on any atom is -0.505 e. The van der Waals surface area contributed by atoms with Crippen molar-refractivity contribution in [1.29, 1.82) is 0 Å². The van der Waals surface area contributed by atoms with Crippen molar-refractivity contribution in [1.82, 2.24) is 14.4 Å². The van der Waals surface area contributed by atoms with Crippen molar-refractivity contribution in [2.24, 2.45) is 0 Å². The number of anilines is 1. The third-order valence-corrected chi connectivity index (χ3v) is 7.36. The molecule has 37 heavy (non-hydrogen) atoms. The molecule has 1 unspecified atom stereocenters. The molecule has 0 bridgehead atoms. The second-order valence-electron chi connectivity index (χ2n) is 8.33. The van der Waals surface area contributed by atoms with Gasteiger partial charge < -0.3 is 9.84 Å². The van der Waals surface area contributed by atoms with Crippen LogP contribution in [0.15, 0.2) is 54.2 Å². The number of carbonyl (C=O) groups is 3. The van der Waals surface area contributed by atoms with Gasteiger partial charge in [0.2, 0.25) is 0 Å². The summed E-state index contributed by atoms with van der Waals surface area (Å²) >= 11 is 7.21. The second kappa shape index (κ2) is 9.45. The summed E-state index contributed by atoms with van der Waals surface area (Å²) in [5, 5.41) is 12.1. The molecule has 1 aromatic carbocycles. The van der Waals surface area contributed by atoms with Crippen molar-refractivity contribution in [2.75, 3.05) is 11.5 Å². The normalized spacial score (nSPS) is 17.1. The van der Waals surface area contributed by atoms with Crippen molar-refractivity contribution >= 4 is 57.1 Å². The van der Waals surface area contributed by atoms with E-state index in [-0.39, 0.29) is 27.9 Å². The van der Waals surface area contributed by atoms with Crippen LogP contribution in [0.2, 0.25) is 5.02 Å². The zero-order valence-corrected chi connectivity index (χ0v) is 21.6. The number of nitrogens with zero attached hydrogens (tertiary/aromatic N) is 4. The summed E-state index contributed by atoms with van der Waals surface area (Å²) in [4.78, 5) is 49.7. The maximum absolute atomic E-state index is 13.5. The smallest absolute Gasteiger partial charge is 0.350 e. The van der Waals surface area contributed by atoms with E-state index in [2.05, 4.69) is 9.97 Å². The van der Waals surface area contributed by atoms with Gasteiger partial charge in [0, 0.05) is 11.2 Å². The van der Waals surface area contributed by atoms with Gasteiger partial charge in [-0.1, -0.05) is 41.1 Å². The third-order valence-electron chi connectivity index (χ3n) is 5.99. The minimum atomic E-state index is -1.05. The predicted molar refractivity (Wildman–Crippen MR) is 139 cm³/mol. The molecule has 1 aliphatic heterocycles. The largest absolute Gasteiger partial charge is 0.505 e. The summed E-state index contributed by atoms with van der Waals surface area (Å²) in [5.74, 6) is -2.72. The average Bonchev–Trinajstić information content (AvgIpc) is 3.49. The highest BCUT2D eigenvalue weighted by Crippen LogP contribution is 2.44. The zero-order chi connectivity index (χ0) is 26.4. The molecular weight excluding hydrogens is 516 g/mol. The molecule has 1 atom stereocenters. The number of aromatic nitrogens is 3. The van der Waals surface area contributed by atoms with Crippen molar-refractivity contribution in [3.63, 3.8) is 0 Å². The highest BCUT2D eigenvalue weighted by Gasteiger charge is 2.49. The first-order valence-corrected chi connectivity index (χ1v) is 12.6. The molecule has 1 amide bonds. The van der Waals surface area contributed by atoms with Gasteiger partial charge in [-0.15, -0.1) is 0 Å². The van der Waals surface area contributed by atoms with Crippen LogP contribution in [0.4, 0.5) is 5.13 Å². The number of rotatable bonds is 5. The Bertz CT molecular complexity index is 1620. The van der Waals surface area contributed by atoms with Crippen LogP contribution < -0.4 is 4.90 Å². The number of carbonyl (C=O) groups excluding carboxylic acids is 3. The fraction of sp³-hybridized carbons (Fsp3) is 0.192. The molecule has 4 aromatic rings. The van der Waals surface area contributed by atoms with Crippen molar-refractivity contribution in [3.05, 3.63) is 86.8 Å². The molecule has 9 nitrogen and oxygen atoms in total. The lowest BCUT2D eigenvalue weighted by molar-refractivity contribution is -0.132. The van der Waals surface area contributed by atoms with E-state index in [1.807, 2.05) is 6.07 Å². The fourth-order valence-electron chi connectivity index (χ4n) is 4.42. The predicted octanol–water partition coefficient (Wildman–Crippen LogP) is 4.86. The summed E-state index contributed by atoms with van der Waals surface area (Å²) in [6, 6.07) is 11.0. The van der Waals surface area contributed by atoms with Gasteiger partial charge in [-0.05, 0) is 50.6 Å². The minimum absolute atomic E-state index is 0.126. The number of imidazole rings is 1. The van der Waals surface area contributed by atoms with E-state index >= 15 is 0 Å². The van der Waals surface area contributed by atoms with Gasteiger partial charge in [0.05, 0.1) is 29.6 Å². The molecule has 0 aliphatic carbocycles. The summed E-state index contributed by atoms with van der Waals surface area (Å²) in [5.41, 5.74) is 2.07. The van der Waals surface area contributed by atoms with Gasteiger partial charge in [-0.3, -0.25) is 18.9 Å². The lowest BCUT2D eigenvalue weighted by Gasteiger charge is -2.23. The summed E-state index contributed by atoms with van der Waals surface area (Å²) < 4.78 is 6.76. The maximum atomic E-state index is 13.5. The van der Waals surface area contributed by atoms with Crippen LogP contribution in [0.5, 0.6) is 0 Å². The molecule has 0 saturated carbocycles. The number of aryl methyl sites for hydroxylation is 2. The molecule has 11 heteroatoms. The van der Waals surface area contributed by atoms with E-state index in [0.29, 0.717) is 33.3 Å². The number of ketones is 1. The molecule has 5 rings (SSSR count). The van der Waals surface area contributed by atoms with Gasteiger partial charge in [0.25, 0.3) is 5.78 Å². The molecule has 1 saturated heterocycles. The molecule has 4 heterocycles. The number of fused-ring (bicyclic) bond motifs is 1. The van der Waals surface area contributed by atoms with E-state index in [1.165, 1.54) is 4.90 Å². The van der Waals surface area contributed by atoms with Gasteiger partial charge in [-0.2, -0.15) is 0 Å². The first-order chi connectivity index (χ1) is 17.7. The van der Waals surface area contributed by atoms with Crippen molar-refractivity contribution in [3.8, 4) is 0 Å². The Morgan fingerprint density at radius 1 is 1.14 bits per heavy atom. The highest BCUT2D eigenvalue weighted by molar-refractivity contribution is 7.17. The number of aliphatic hydroxyl groups excluding tert-OH is 1. The lowest BCUT2D eigenvalue weighted by Crippen LogP contribution is -2.29. The SMILES string of the molecule is CCOC(=O)c1sc(N2C(=O)C(=O)C(=C(O)c3c(C)nc4ccccn34)C2c2cccc(Cl)c2)nc1C. The van der Waals surface area contributed by atoms with Crippen LogP contribution in [-0.4, -0.2) is 43.7 Å². The maximum Gasteiger partial charge on any atom is 0.350 e. The van der Waals surface area contributed by atoms with E-state index in [9.17, 15) is 19.5 Å². The zero-order valence-electron chi connectivity index (χ0n) is 20.1. The molecular formula is C26H21ClN4O5S. The van der Waals surface area contributed by atoms with Crippen LogP contribution in [0, 0.1) is 13.8 Å². The van der Waals surface area contributed by atoms with Crippen LogP contribution >= 0.6 is 22.9 Å². The van der Waals surface area contributed by atoms with Gasteiger partial charge in [-0.25, -0.2) is 14.8 Å². The fourth-order valence-corrected chi connectivity index (χ4v) is 5.61. The van der Waals surface area contributed by atoms with Crippen molar-refractivity contribution < 1.29 is 24.2 Å². The Kier molecular flexibility index (Phi) is 6.30. The van der Waals surface area contributed by atoms with Gasteiger partial charge in [0.15, 0.2) is 10.9 Å². The molecule has 188 valence electrons. The molecule has 1 aliphatic rings. The van der Waals surface area contributed by atoms with Crippen molar-refractivity contribution in [2.45, 2.75) is 26.8 Å². The monoisotopic (exact) mass is 536 g/mol. The summed E-state index contributed by atoms with van der Waals surface area (Å²) in [6.07, 6.45) is 1.71. The standard InChI is InChI=1S/C26H21ClN4O5S/c1-4-36-25(35)23-14(3)29-26(37-23)31-20(15-8-7-9-16(27)12-15)18(22(33)24(31)34)21(32)19-13(2)28-17-10-5-6-11-30(17)19/h5-12,20,32H,4H2,1-3H3. The topological polar surface area (TPSA) is 114 Å². The molecule has 0 radical (unpaired) electrons. The van der Waals surface area contributed by atoms with Gasteiger partial charge in [0.1, 0.15) is 16.2 Å². The molecule has 0 spiro atoms. The number of hydrogen-bond acceptors (Lipinski definition) is 8. The van der Waals surface area contributed by atoms with Crippen LogP contribution in [0.1, 0.15) is 45.3 Å². The molecule has 3 aromatic heterocycles. The Balaban J connectivity index is 1.75. The lowest BCUT2D eigenvalue weighted by atomic mass is 9.96. The number of halogens is 1. The Labute approximate surface area is 220 Å². The van der Waals surface area contributed by atoms with E-state index in [0.717, 1.165) is 11.3 Å². The number of ether oxygens (including phenoxy) is 1. The molecule has 1 fully saturated rings. The number of Topliss-reactive ketones (excluding diaryl/α,β-unsaturated/α-hetero) is 1. The first-order valence-electron chi connectivity index (χ1n) is 11.4. The van der Waals surface area contributed by atoms with Crippen LogP contribution in [0.25, 0.3) is 11.4 Å².